The first-order chi connectivity index (χ1) is 13.5. The van der Waals surface area contributed by atoms with Crippen LogP contribution in [0.1, 0.15) is 26.7 Å². The van der Waals surface area contributed by atoms with E-state index >= 15 is 0 Å². The fourth-order valence-electron chi connectivity index (χ4n) is 3.43. The summed E-state index contributed by atoms with van der Waals surface area (Å²) in [6.07, 6.45) is 4.21. The van der Waals surface area contributed by atoms with Crippen LogP contribution in [0.15, 0.2) is 30.5 Å². The molecule has 1 N–H and O–H groups in total. The highest BCUT2D eigenvalue weighted by Crippen LogP contribution is 2.30. The Hall–Kier alpha value is -2.12. The van der Waals surface area contributed by atoms with Gasteiger partial charge in [-0.15, -0.1) is 5.10 Å². The Morgan fingerprint density at radius 3 is 2.86 bits per heavy atom. The number of nitrogens with one attached hydrogen (secondary N) is 1. The monoisotopic (exact) mass is 417 g/mol. The van der Waals surface area contributed by atoms with Gasteiger partial charge in [0.1, 0.15) is 0 Å². The minimum atomic E-state index is 0.0289. The van der Waals surface area contributed by atoms with Crippen LogP contribution in [-0.4, -0.2) is 40.1 Å². The van der Waals surface area contributed by atoms with Gasteiger partial charge in [0.05, 0.1) is 11.9 Å². The number of nitrogens with zero attached hydrogens (tertiary/aromatic N) is 4. The van der Waals surface area contributed by atoms with E-state index in [4.69, 9.17) is 21.7 Å². The molecule has 2 aromatic heterocycles. The number of benzene rings is 1. The minimum Gasteiger partial charge on any atom is -0.356 e. The van der Waals surface area contributed by atoms with Crippen molar-refractivity contribution in [2.24, 2.45) is 11.8 Å². The molecule has 1 saturated heterocycles. The Labute approximate surface area is 173 Å². The molecule has 1 fully saturated rings. The fourth-order valence-corrected chi connectivity index (χ4v) is 4.48. The van der Waals surface area contributed by atoms with Gasteiger partial charge in [0.15, 0.2) is 0 Å². The third kappa shape index (κ3) is 4.15. The van der Waals surface area contributed by atoms with Crippen LogP contribution in [0.3, 0.4) is 0 Å². The molecule has 3 heterocycles. The van der Waals surface area contributed by atoms with Gasteiger partial charge in [0, 0.05) is 36.1 Å². The van der Waals surface area contributed by atoms with Crippen LogP contribution in [-0.2, 0) is 4.79 Å². The van der Waals surface area contributed by atoms with Gasteiger partial charge in [0.2, 0.25) is 16.0 Å². The van der Waals surface area contributed by atoms with Crippen LogP contribution in [0.5, 0.6) is 0 Å². The Bertz CT molecular complexity index is 933. The number of hydrogen-bond donors (Lipinski definition) is 1. The molecule has 0 radical (unpaired) electrons. The number of halogens is 1. The molecule has 0 saturated carbocycles. The van der Waals surface area contributed by atoms with Crippen molar-refractivity contribution in [1.29, 1.82) is 0 Å². The number of anilines is 1. The number of carbonyl (C=O) groups excluding carboxylic acids is 1. The Balaban J connectivity index is 1.44. The van der Waals surface area contributed by atoms with Crippen molar-refractivity contribution >= 4 is 38.9 Å². The van der Waals surface area contributed by atoms with E-state index in [1.165, 1.54) is 0 Å². The molecular weight excluding hydrogens is 394 g/mol. The molecule has 1 aliphatic rings. The van der Waals surface area contributed by atoms with Gasteiger partial charge in [-0.1, -0.05) is 48.9 Å². The summed E-state index contributed by atoms with van der Waals surface area (Å²) in [6, 6.07) is 7.68. The van der Waals surface area contributed by atoms with Crippen LogP contribution >= 0.6 is 22.9 Å². The van der Waals surface area contributed by atoms with Gasteiger partial charge in [-0.25, -0.2) is 9.50 Å². The maximum atomic E-state index is 11.8. The molecule has 0 bridgehead atoms. The number of piperidine rings is 1. The zero-order chi connectivity index (χ0) is 19.7. The zero-order valence-electron chi connectivity index (χ0n) is 16.1. The lowest BCUT2D eigenvalue weighted by Crippen LogP contribution is -2.41. The van der Waals surface area contributed by atoms with E-state index in [2.05, 4.69) is 10.2 Å². The van der Waals surface area contributed by atoms with Crippen molar-refractivity contribution in [1.82, 2.24) is 19.9 Å². The van der Waals surface area contributed by atoms with E-state index in [-0.39, 0.29) is 11.8 Å². The summed E-state index contributed by atoms with van der Waals surface area (Å²) in [7, 11) is 0. The van der Waals surface area contributed by atoms with Crippen molar-refractivity contribution in [2.75, 3.05) is 24.5 Å². The maximum absolute atomic E-state index is 11.8. The first-order valence-electron chi connectivity index (χ1n) is 9.64. The van der Waals surface area contributed by atoms with E-state index in [0.29, 0.717) is 5.92 Å². The molecule has 1 aliphatic heterocycles. The van der Waals surface area contributed by atoms with Crippen molar-refractivity contribution in [3.8, 4) is 11.3 Å². The number of hydrogen-bond acceptors (Lipinski definition) is 5. The summed E-state index contributed by atoms with van der Waals surface area (Å²) in [6.45, 7) is 6.49. The summed E-state index contributed by atoms with van der Waals surface area (Å²) in [5, 5.41) is 9.52. The second kappa shape index (κ2) is 8.09. The summed E-state index contributed by atoms with van der Waals surface area (Å²) in [5.41, 5.74) is 1.93. The average Bonchev–Trinajstić information content (AvgIpc) is 3.26. The molecule has 3 aromatic rings. The lowest BCUT2D eigenvalue weighted by atomic mass is 9.98. The number of imidazole rings is 1. The lowest BCUT2D eigenvalue weighted by molar-refractivity contribution is -0.124. The third-order valence-electron chi connectivity index (χ3n) is 5.05. The van der Waals surface area contributed by atoms with Crippen molar-refractivity contribution < 1.29 is 4.79 Å². The smallest absolute Gasteiger partial charge is 0.222 e. The van der Waals surface area contributed by atoms with E-state index in [0.717, 1.165) is 58.8 Å². The minimum absolute atomic E-state index is 0.0289. The molecule has 1 atom stereocenters. The first kappa shape index (κ1) is 19.2. The topological polar surface area (TPSA) is 62.5 Å². The second-order valence-corrected chi connectivity index (χ2v) is 8.97. The number of fused-ring (bicyclic) bond motifs is 1. The molecular formula is C20H24ClN5OS. The number of rotatable bonds is 5. The SMILES string of the molecule is CC(C)C(=O)NCC1CCCN(c2nn3cc(-c4ccc(Cl)cc4)nc3s2)C1. The Kier molecular flexibility index (Phi) is 5.55. The Morgan fingerprint density at radius 2 is 2.14 bits per heavy atom. The summed E-state index contributed by atoms with van der Waals surface area (Å²) < 4.78 is 1.86. The molecule has 0 spiro atoms. The maximum Gasteiger partial charge on any atom is 0.222 e. The van der Waals surface area contributed by atoms with Gasteiger partial charge < -0.3 is 10.2 Å². The third-order valence-corrected chi connectivity index (χ3v) is 6.29. The van der Waals surface area contributed by atoms with Gasteiger partial charge >= 0.3 is 0 Å². The standard InChI is InChI=1S/C20H24ClN5OS/c1-13(2)18(27)22-10-14-4-3-9-25(11-14)20-24-26-12-17(23-19(26)28-20)15-5-7-16(21)8-6-15/h5-8,12-14H,3-4,9-11H2,1-2H3,(H,22,27). The molecule has 28 heavy (non-hydrogen) atoms. The molecule has 4 rings (SSSR count). The normalized spacial score (nSPS) is 17.4. The van der Waals surface area contributed by atoms with E-state index < -0.39 is 0 Å². The van der Waals surface area contributed by atoms with Crippen LogP contribution < -0.4 is 10.2 Å². The zero-order valence-corrected chi connectivity index (χ0v) is 17.6. The van der Waals surface area contributed by atoms with E-state index in [1.807, 2.05) is 48.8 Å². The average molecular weight is 418 g/mol. The number of carbonyl (C=O) groups is 1. The molecule has 8 heteroatoms. The van der Waals surface area contributed by atoms with Gasteiger partial charge in [-0.3, -0.25) is 4.79 Å². The highest BCUT2D eigenvalue weighted by atomic mass is 35.5. The molecule has 1 aromatic carbocycles. The molecule has 148 valence electrons. The van der Waals surface area contributed by atoms with Gasteiger partial charge in [0.25, 0.3) is 0 Å². The van der Waals surface area contributed by atoms with Crippen LogP contribution in [0.2, 0.25) is 5.02 Å². The fraction of sp³-hybridized carbons (Fsp3) is 0.450. The van der Waals surface area contributed by atoms with Crippen LogP contribution in [0, 0.1) is 11.8 Å². The summed E-state index contributed by atoms with van der Waals surface area (Å²) >= 11 is 7.57. The predicted octanol–water partition coefficient (Wildman–Crippen LogP) is 4.10. The van der Waals surface area contributed by atoms with Crippen molar-refractivity contribution in [3.63, 3.8) is 0 Å². The van der Waals surface area contributed by atoms with E-state index in [9.17, 15) is 4.79 Å². The van der Waals surface area contributed by atoms with Gasteiger partial charge in [-0.05, 0) is 30.9 Å². The lowest BCUT2D eigenvalue weighted by Gasteiger charge is -2.32. The Morgan fingerprint density at radius 1 is 1.36 bits per heavy atom. The number of amides is 1. The highest BCUT2D eigenvalue weighted by Gasteiger charge is 2.24. The van der Waals surface area contributed by atoms with Crippen LogP contribution in [0.4, 0.5) is 5.13 Å². The second-order valence-electron chi connectivity index (χ2n) is 7.60. The van der Waals surface area contributed by atoms with Crippen molar-refractivity contribution in [3.05, 3.63) is 35.5 Å². The van der Waals surface area contributed by atoms with E-state index in [1.54, 1.807) is 11.3 Å². The molecule has 1 amide bonds. The first-order valence-corrected chi connectivity index (χ1v) is 10.8. The predicted molar refractivity (Wildman–Crippen MR) is 114 cm³/mol. The summed E-state index contributed by atoms with van der Waals surface area (Å²) in [5.74, 6) is 0.609. The van der Waals surface area contributed by atoms with Gasteiger partial charge in [-0.2, -0.15) is 0 Å². The quantitative estimate of drug-likeness (QED) is 0.678. The number of aromatic nitrogens is 3. The molecule has 6 nitrogen and oxygen atoms in total. The largest absolute Gasteiger partial charge is 0.356 e. The summed E-state index contributed by atoms with van der Waals surface area (Å²) in [4.78, 5) is 19.8. The van der Waals surface area contributed by atoms with Crippen molar-refractivity contribution in [2.45, 2.75) is 26.7 Å². The molecule has 1 unspecified atom stereocenters. The van der Waals surface area contributed by atoms with Crippen LogP contribution in [0.25, 0.3) is 16.2 Å². The molecule has 0 aliphatic carbocycles. The highest BCUT2D eigenvalue weighted by molar-refractivity contribution is 7.20.